The Kier molecular flexibility index (Phi) is 6.11. The Morgan fingerprint density at radius 3 is 3.05 bits per heavy atom. The highest BCUT2D eigenvalue weighted by molar-refractivity contribution is 6.35. The van der Waals surface area contributed by atoms with Crippen LogP contribution in [0.5, 0.6) is 5.75 Å². The van der Waals surface area contributed by atoms with E-state index in [4.69, 9.17) is 27.9 Å². The van der Waals surface area contributed by atoms with Gasteiger partial charge in [-0.25, -0.2) is 0 Å². The van der Waals surface area contributed by atoms with Crippen molar-refractivity contribution in [2.24, 2.45) is 0 Å². The zero-order chi connectivity index (χ0) is 15.2. The van der Waals surface area contributed by atoms with Gasteiger partial charge < -0.3 is 15.4 Å². The maximum atomic E-state index is 11.8. The van der Waals surface area contributed by atoms with Crippen LogP contribution in [0, 0.1) is 0 Å². The molecule has 0 saturated carbocycles. The van der Waals surface area contributed by atoms with Gasteiger partial charge in [0.15, 0.2) is 0 Å². The van der Waals surface area contributed by atoms with E-state index in [0.29, 0.717) is 35.5 Å². The Morgan fingerprint density at radius 2 is 2.33 bits per heavy atom. The summed E-state index contributed by atoms with van der Waals surface area (Å²) >= 11 is 11.9. The summed E-state index contributed by atoms with van der Waals surface area (Å²) in [5, 5.41) is 6.98. The summed E-state index contributed by atoms with van der Waals surface area (Å²) in [6, 6.07) is 4.98. The number of carbonyl (C=O) groups excluding carboxylic acids is 1. The summed E-state index contributed by atoms with van der Waals surface area (Å²) < 4.78 is 5.67. The molecular weight excluding hydrogens is 313 g/mol. The van der Waals surface area contributed by atoms with Gasteiger partial charge >= 0.3 is 0 Å². The van der Waals surface area contributed by atoms with Gasteiger partial charge in [0.25, 0.3) is 0 Å². The maximum Gasteiger partial charge on any atom is 0.238 e. The van der Waals surface area contributed by atoms with Gasteiger partial charge in [0.1, 0.15) is 18.4 Å². The van der Waals surface area contributed by atoms with Crippen LogP contribution in [0.3, 0.4) is 0 Å². The van der Waals surface area contributed by atoms with Crippen molar-refractivity contribution in [3.8, 4) is 5.75 Å². The third-order valence-electron chi connectivity index (χ3n) is 3.43. The molecule has 1 aromatic rings. The zero-order valence-electron chi connectivity index (χ0n) is 11.9. The van der Waals surface area contributed by atoms with Gasteiger partial charge in [-0.3, -0.25) is 9.69 Å². The van der Waals surface area contributed by atoms with Crippen molar-refractivity contribution in [2.45, 2.75) is 6.04 Å². The summed E-state index contributed by atoms with van der Waals surface area (Å²) in [5.74, 6) is 0.624. The number of likely N-dealkylation sites (N-methyl/N-ethyl adjacent to an activating group) is 1. The van der Waals surface area contributed by atoms with Crippen molar-refractivity contribution in [3.63, 3.8) is 0 Å². The molecule has 1 amide bonds. The lowest BCUT2D eigenvalue weighted by molar-refractivity contribution is -0.126. The van der Waals surface area contributed by atoms with E-state index in [0.717, 1.165) is 13.1 Å². The molecule has 1 heterocycles. The van der Waals surface area contributed by atoms with Crippen LogP contribution in [0.4, 0.5) is 0 Å². The van der Waals surface area contributed by atoms with Crippen molar-refractivity contribution in [1.29, 1.82) is 0 Å². The monoisotopic (exact) mass is 331 g/mol. The molecule has 0 aromatic heterocycles. The molecule has 1 unspecified atom stereocenters. The molecule has 5 nitrogen and oxygen atoms in total. The predicted octanol–water partition coefficient (Wildman–Crippen LogP) is 1.39. The Morgan fingerprint density at radius 1 is 1.52 bits per heavy atom. The number of hydrogen-bond donors (Lipinski definition) is 2. The van der Waals surface area contributed by atoms with E-state index >= 15 is 0 Å². The minimum Gasteiger partial charge on any atom is -0.491 e. The van der Waals surface area contributed by atoms with E-state index in [1.54, 1.807) is 25.2 Å². The number of carbonyl (C=O) groups is 1. The normalized spacial score (nSPS) is 19.3. The molecule has 116 valence electrons. The number of ether oxygens (including phenoxy) is 1. The Balaban J connectivity index is 1.87. The lowest BCUT2D eigenvalue weighted by Gasteiger charge is -2.34. The largest absolute Gasteiger partial charge is 0.491 e. The molecule has 0 spiro atoms. The first-order chi connectivity index (χ1) is 10.1. The molecule has 2 N–H and O–H groups in total. The number of benzene rings is 1. The van der Waals surface area contributed by atoms with Crippen LogP contribution >= 0.6 is 23.2 Å². The number of halogens is 2. The van der Waals surface area contributed by atoms with Gasteiger partial charge in [0.05, 0.1) is 5.02 Å². The molecule has 0 aliphatic carbocycles. The number of hydrogen-bond acceptors (Lipinski definition) is 4. The highest BCUT2D eigenvalue weighted by Gasteiger charge is 2.27. The van der Waals surface area contributed by atoms with E-state index < -0.39 is 0 Å². The standard InChI is InChI=1S/C14H19Cl2N3O2/c1-17-14(20)12-9-18-4-5-19(12)6-7-21-13-3-2-10(15)8-11(13)16/h2-3,8,12,18H,4-7,9H2,1H3,(H,17,20). The number of rotatable bonds is 5. The lowest BCUT2D eigenvalue weighted by atomic mass is 10.2. The first kappa shape index (κ1) is 16.4. The van der Waals surface area contributed by atoms with Crippen LogP contribution in [0.25, 0.3) is 0 Å². The van der Waals surface area contributed by atoms with Crippen LogP contribution in [0.1, 0.15) is 0 Å². The maximum absolute atomic E-state index is 11.8. The molecule has 21 heavy (non-hydrogen) atoms. The van der Waals surface area contributed by atoms with Gasteiger partial charge in [0, 0.05) is 38.2 Å². The topological polar surface area (TPSA) is 53.6 Å². The first-order valence-corrected chi connectivity index (χ1v) is 7.61. The molecule has 2 rings (SSSR count). The van der Waals surface area contributed by atoms with E-state index in [1.165, 1.54) is 0 Å². The average molecular weight is 332 g/mol. The summed E-state index contributed by atoms with van der Waals surface area (Å²) in [6.07, 6.45) is 0. The van der Waals surface area contributed by atoms with Crippen molar-refractivity contribution in [3.05, 3.63) is 28.2 Å². The fourth-order valence-corrected chi connectivity index (χ4v) is 2.77. The third-order valence-corrected chi connectivity index (χ3v) is 3.96. The Labute approximate surface area is 134 Å². The average Bonchev–Trinajstić information content (AvgIpc) is 2.49. The molecule has 1 aromatic carbocycles. The molecule has 1 saturated heterocycles. The van der Waals surface area contributed by atoms with E-state index in [-0.39, 0.29) is 11.9 Å². The Bertz CT molecular complexity index is 499. The summed E-state index contributed by atoms with van der Waals surface area (Å²) in [6.45, 7) is 3.47. The quantitative estimate of drug-likeness (QED) is 0.856. The zero-order valence-corrected chi connectivity index (χ0v) is 13.4. The van der Waals surface area contributed by atoms with Gasteiger partial charge in [-0.15, -0.1) is 0 Å². The fraction of sp³-hybridized carbons (Fsp3) is 0.500. The SMILES string of the molecule is CNC(=O)C1CNCCN1CCOc1ccc(Cl)cc1Cl. The minimum atomic E-state index is -0.159. The second kappa shape index (κ2) is 7.84. The van der Waals surface area contributed by atoms with Crippen LogP contribution in [-0.2, 0) is 4.79 Å². The summed E-state index contributed by atoms with van der Waals surface area (Å²) in [7, 11) is 1.65. The highest BCUT2D eigenvalue weighted by atomic mass is 35.5. The van der Waals surface area contributed by atoms with E-state index in [1.807, 2.05) is 0 Å². The number of amides is 1. The fourth-order valence-electron chi connectivity index (χ4n) is 2.30. The second-order valence-corrected chi connectivity index (χ2v) is 5.64. The molecule has 1 atom stereocenters. The van der Waals surface area contributed by atoms with Crippen molar-refractivity contribution in [1.82, 2.24) is 15.5 Å². The van der Waals surface area contributed by atoms with Gasteiger partial charge in [-0.2, -0.15) is 0 Å². The van der Waals surface area contributed by atoms with Crippen LogP contribution in [0.2, 0.25) is 10.0 Å². The van der Waals surface area contributed by atoms with Crippen LogP contribution < -0.4 is 15.4 Å². The highest BCUT2D eigenvalue weighted by Crippen LogP contribution is 2.27. The van der Waals surface area contributed by atoms with Crippen molar-refractivity contribution in [2.75, 3.05) is 39.8 Å². The number of nitrogens with zero attached hydrogens (tertiary/aromatic N) is 1. The summed E-state index contributed by atoms with van der Waals surface area (Å²) in [5.41, 5.74) is 0. The molecule has 0 radical (unpaired) electrons. The van der Waals surface area contributed by atoms with Gasteiger partial charge in [-0.05, 0) is 18.2 Å². The number of nitrogens with one attached hydrogen (secondary N) is 2. The molecule has 7 heteroatoms. The predicted molar refractivity (Wildman–Crippen MR) is 84.3 cm³/mol. The third kappa shape index (κ3) is 4.48. The van der Waals surface area contributed by atoms with E-state index in [9.17, 15) is 4.79 Å². The molecular formula is C14H19Cl2N3O2. The first-order valence-electron chi connectivity index (χ1n) is 6.86. The number of piperazine rings is 1. The molecule has 1 aliphatic rings. The lowest BCUT2D eigenvalue weighted by Crippen LogP contribution is -2.58. The summed E-state index contributed by atoms with van der Waals surface area (Å²) in [4.78, 5) is 13.9. The molecule has 0 bridgehead atoms. The van der Waals surface area contributed by atoms with E-state index in [2.05, 4.69) is 15.5 Å². The van der Waals surface area contributed by atoms with Crippen molar-refractivity contribution < 1.29 is 9.53 Å². The van der Waals surface area contributed by atoms with Crippen LogP contribution in [-0.4, -0.2) is 56.7 Å². The van der Waals surface area contributed by atoms with Gasteiger partial charge in [-0.1, -0.05) is 23.2 Å². The van der Waals surface area contributed by atoms with Crippen LogP contribution in [0.15, 0.2) is 18.2 Å². The molecule has 1 fully saturated rings. The Hall–Kier alpha value is -1.01. The second-order valence-electron chi connectivity index (χ2n) is 4.79. The van der Waals surface area contributed by atoms with Gasteiger partial charge in [0.2, 0.25) is 5.91 Å². The van der Waals surface area contributed by atoms with Crippen molar-refractivity contribution >= 4 is 29.1 Å². The minimum absolute atomic E-state index is 0.0201. The molecule has 1 aliphatic heterocycles. The smallest absolute Gasteiger partial charge is 0.238 e.